The molecule has 1 N–H and O–H groups in total. The summed E-state index contributed by atoms with van der Waals surface area (Å²) in [5.74, 6) is -0.436. The molecule has 0 fully saturated rings. The first-order valence-corrected chi connectivity index (χ1v) is 14.5. The molecule has 0 spiro atoms. The summed E-state index contributed by atoms with van der Waals surface area (Å²) in [5.41, 5.74) is 3.31. The molecular weight excluding hydrogens is 498 g/mol. The molecule has 2 aromatic carbocycles. The third-order valence-corrected chi connectivity index (χ3v) is 7.65. The lowest BCUT2D eigenvalue weighted by Crippen LogP contribution is -2.48. The van der Waals surface area contributed by atoms with Crippen LogP contribution in [-0.4, -0.2) is 50.5 Å². The molecule has 0 saturated heterocycles. The van der Waals surface area contributed by atoms with Gasteiger partial charge in [-0.25, -0.2) is 8.42 Å². The summed E-state index contributed by atoms with van der Waals surface area (Å²) in [6, 6.07) is 12.1. The molecule has 36 heavy (non-hydrogen) atoms. The van der Waals surface area contributed by atoms with Crippen molar-refractivity contribution in [1.29, 1.82) is 0 Å². The third-order valence-electron chi connectivity index (χ3n) is 6.24. The molecule has 0 aliphatic heterocycles. The maximum Gasteiger partial charge on any atom is 0.242 e. The first kappa shape index (κ1) is 29.6. The van der Waals surface area contributed by atoms with Crippen LogP contribution >= 0.6 is 11.6 Å². The lowest BCUT2D eigenvalue weighted by Gasteiger charge is -2.30. The summed E-state index contributed by atoms with van der Waals surface area (Å²) in [6.45, 7) is 8.53. The minimum atomic E-state index is -3.54. The Kier molecular flexibility index (Phi) is 11.2. The smallest absolute Gasteiger partial charge is 0.242 e. The van der Waals surface area contributed by atoms with Crippen LogP contribution in [0.3, 0.4) is 0 Å². The number of nitrogens with one attached hydrogen (secondary N) is 1. The average molecular weight is 536 g/mol. The molecule has 0 unspecified atom stereocenters. The summed E-state index contributed by atoms with van der Waals surface area (Å²) in [7, 11) is -3.54. The highest BCUT2D eigenvalue weighted by atomic mass is 35.5. The van der Waals surface area contributed by atoms with Gasteiger partial charge in [0.15, 0.2) is 0 Å². The van der Waals surface area contributed by atoms with Gasteiger partial charge in [-0.1, -0.05) is 49.2 Å². The van der Waals surface area contributed by atoms with Crippen LogP contribution in [-0.2, 0) is 26.2 Å². The van der Waals surface area contributed by atoms with E-state index in [1.54, 1.807) is 31.2 Å². The number of benzene rings is 2. The zero-order valence-corrected chi connectivity index (χ0v) is 23.5. The number of rotatable bonds is 13. The zero-order valence-electron chi connectivity index (χ0n) is 21.9. The lowest BCUT2D eigenvalue weighted by atomic mass is 10.1. The number of carbonyl (C=O) groups excluding carboxylic acids is 2. The molecule has 2 rings (SSSR count). The van der Waals surface area contributed by atoms with Gasteiger partial charge in [-0.2, -0.15) is 0 Å². The van der Waals surface area contributed by atoms with E-state index in [-0.39, 0.29) is 31.3 Å². The Hall–Kier alpha value is -2.58. The molecule has 0 heterocycles. The second-order valence-corrected chi connectivity index (χ2v) is 11.5. The Morgan fingerprint density at radius 1 is 1.08 bits per heavy atom. The van der Waals surface area contributed by atoms with Crippen molar-refractivity contribution < 1.29 is 18.0 Å². The minimum absolute atomic E-state index is 0.101. The van der Waals surface area contributed by atoms with Gasteiger partial charge in [0.2, 0.25) is 21.8 Å². The van der Waals surface area contributed by atoms with E-state index in [2.05, 4.69) is 5.32 Å². The van der Waals surface area contributed by atoms with Crippen molar-refractivity contribution in [2.24, 2.45) is 0 Å². The van der Waals surface area contributed by atoms with Gasteiger partial charge in [0.1, 0.15) is 6.04 Å². The fraction of sp³-hybridized carbons (Fsp3) is 0.481. The number of halogens is 1. The van der Waals surface area contributed by atoms with E-state index in [0.29, 0.717) is 23.7 Å². The van der Waals surface area contributed by atoms with Gasteiger partial charge in [0.05, 0.1) is 11.9 Å². The Morgan fingerprint density at radius 3 is 2.42 bits per heavy atom. The molecule has 0 radical (unpaired) electrons. The highest BCUT2D eigenvalue weighted by Crippen LogP contribution is 2.25. The monoisotopic (exact) mass is 535 g/mol. The van der Waals surface area contributed by atoms with Gasteiger partial charge in [0.25, 0.3) is 0 Å². The van der Waals surface area contributed by atoms with Crippen LogP contribution in [0.1, 0.15) is 56.2 Å². The van der Waals surface area contributed by atoms with Crippen LogP contribution in [0.15, 0.2) is 42.5 Å². The molecule has 2 aromatic rings. The fourth-order valence-electron chi connectivity index (χ4n) is 3.94. The Labute approximate surface area is 220 Å². The van der Waals surface area contributed by atoms with Gasteiger partial charge >= 0.3 is 0 Å². The molecule has 0 aliphatic carbocycles. The van der Waals surface area contributed by atoms with Crippen molar-refractivity contribution >= 4 is 39.1 Å². The van der Waals surface area contributed by atoms with Crippen LogP contribution in [0.5, 0.6) is 0 Å². The van der Waals surface area contributed by atoms with Crippen molar-refractivity contribution in [3.63, 3.8) is 0 Å². The van der Waals surface area contributed by atoms with E-state index >= 15 is 0 Å². The van der Waals surface area contributed by atoms with Gasteiger partial charge in [-0.05, 0) is 68.5 Å². The topological polar surface area (TPSA) is 86.8 Å². The highest BCUT2D eigenvalue weighted by molar-refractivity contribution is 7.92. The maximum absolute atomic E-state index is 13.3. The van der Waals surface area contributed by atoms with E-state index < -0.39 is 16.1 Å². The second-order valence-electron chi connectivity index (χ2n) is 9.13. The first-order valence-electron chi connectivity index (χ1n) is 12.3. The molecule has 2 amide bonds. The standard InChI is InChI=1S/C27H38ClN3O4S/c1-6-7-16-29-27(33)22(4)30(19-23-12-9-13-24(28)18-23)26(32)15-10-17-31(36(5,34)35)25-14-8-11-20(2)21(25)3/h8-9,11-14,18,22H,6-7,10,15-17,19H2,1-5H3,(H,29,33)/t22-/m1/s1. The third kappa shape index (κ3) is 8.52. The average Bonchev–Trinajstić information content (AvgIpc) is 2.81. The van der Waals surface area contributed by atoms with Crippen molar-refractivity contribution in [3.05, 3.63) is 64.2 Å². The molecule has 0 aromatic heterocycles. The number of hydrogen-bond acceptors (Lipinski definition) is 4. The molecule has 9 heteroatoms. The maximum atomic E-state index is 13.3. The highest BCUT2D eigenvalue weighted by Gasteiger charge is 2.27. The van der Waals surface area contributed by atoms with Crippen LogP contribution in [0, 0.1) is 13.8 Å². The van der Waals surface area contributed by atoms with Crippen LogP contribution in [0.25, 0.3) is 0 Å². The van der Waals surface area contributed by atoms with E-state index in [1.807, 2.05) is 39.0 Å². The molecule has 7 nitrogen and oxygen atoms in total. The van der Waals surface area contributed by atoms with Gasteiger partial charge in [-0.3, -0.25) is 13.9 Å². The summed E-state index contributed by atoms with van der Waals surface area (Å²) < 4.78 is 26.5. The summed E-state index contributed by atoms with van der Waals surface area (Å²) in [5, 5.41) is 3.45. The predicted molar refractivity (Wildman–Crippen MR) is 147 cm³/mol. The quantitative estimate of drug-likeness (QED) is 0.372. The molecule has 0 saturated carbocycles. The zero-order chi connectivity index (χ0) is 26.9. The Bertz CT molecular complexity index is 1150. The Balaban J connectivity index is 2.18. The van der Waals surface area contributed by atoms with E-state index in [0.717, 1.165) is 29.5 Å². The van der Waals surface area contributed by atoms with Crippen LogP contribution in [0.4, 0.5) is 5.69 Å². The van der Waals surface area contributed by atoms with Crippen molar-refractivity contribution in [3.8, 4) is 0 Å². The molecular formula is C27H38ClN3O4S. The summed E-state index contributed by atoms with van der Waals surface area (Å²) >= 11 is 6.13. The van der Waals surface area contributed by atoms with Crippen molar-refractivity contribution in [2.75, 3.05) is 23.7 Å². The van der Waals surface area contributed by atoms with Gasteiger partial charge < -0.3 is 10.2 Å². The number of aryl methyl sites for hydroxylation is 1. The molecule has 0 bridgehead atoms. The number of carbonyl (C=O) groups is 2. The summed E-state index contributed by atoms with van der Waals surface area (Å²) in [6.07, 6.45) is 3.40. The second kappa shape index (κ2) is 13.7. The predicted octanol–water partition coefficient (Wildman–Crippen LogP) is 4.84. The minimum Gasteiger partial charge on any atom is -0.354 e. The fourth-order valence-corrected chi connectivity index (χ4v) is 5.17. The van der Waals surface area contributed by atoms with Crippen molar-refractivity contribution in [2.45, 2.75) is 66.0 Å². The SMILES string of the molecule is CCCCNC(=O)[C@@H](C)N(Cc1cccc(Cl)c1)C(=O)CCCN(c1cccc(C)c1C)S(C)(=O)=O. The lowest BCUT2D eigenvalue weighted by molar-refractivity contribution is -0.140. The van der Waals surface area contributed by atoms with Gasteiger partial charge in [-0.15, -0.1) is 0 Å². The van der Waals surface area contributed by atoms with Crippen LogP contribution < -0.4 is 9.62 Å². The molecule has 198 valence electrons. The number of anilines is 1. The number of nitrogens with zero attached hydrogens (tertiary/aromatic N) is 2. The molecule has 1 atom stereocenters. The Morgan fingerprint density at radius 2 is 1.78 bits per heavy atom. The normalized spacial score (nSPS) is 12.2. The molecule has 0 aliphatic rings. The van der Waals surface area contributed by atoms with Crippen LogP contribution in [0.2, 0.25) is 5.02 Å². The first-order chi connectivity index (χ1) is 17.0. The van der Waals surface area contributed by atoms with E-state index in [4.69, 9.17) is 11.6 Å². The number of amides is 2. The van der Waals surface area contributed by atoms with E-state index in [1.165, 1.54) is 15.5 Å². The van der Waals surface area contributed by atoms with E-state index in [9.17, 15) is 18.0 Å². The van der Waals surface area contributed by atoms with Gasteiger partial charge in [0, 0.05) is 31.1 Å². The summed E-state index contributed by atoms with van der Waals surface area (Å²) in [4.78, 5) is 27.6. The number of sulfonamides is 1. The number of hydrogen-bond donors (Lipinski definition) is 1. The van der Waals surface area contributed by atoms with Crippen molar-refractivity contribution in [1.82, 2.24) is 10.2 Å². The largest absolute Gasteiger partial charge is 0.354 e. The number of unbranched alkanes of at least 4 members (excludes halogenated alkanes) is 1.